The Labute approximate surface area is 192 Å². The lowest BCUT2D eigenvalue weighted by molar-refractivity contribution is 0.284. The Bertz CT molecular complexity index is 1300. The number of hydrogen-bond donors (Lipinski definition) is 1. The molecule has 0 atom stereocenters. The van der Waals surface area contributed by atoms with Crippen molar-refractivity contribution >= 4 is 5.82 Å². The largest absolute Gasteiger partial charge is 0.497 e. The van der Waals surface area contributed by atoms with Gasteiger partial charge in [0.1, 0.15) is 29.8 Å². The molecule has 1 heterocycles. The van der Waals surface area contributed by atoms with Crippen molar-refractivity contribution < 1.29 is 14.2 Å². The second kappa shape index (κ2) is 9.75. The lowest BCUT2D eigenvalue weighted by atomic mass is 9.92. The quantitative estimate of drug-likeness (QED) is 0.413. The van der Waals surface area contributed by atoms with Crippen LogP contribution in [0.15, 0.2) is 79.0 Å². The van der Waals surface area contributed by atoms with Gasteiger partial charge in [-0.15, -0.1) is 0 Å². The molecule has 33 heavy (non-hydrogen) atoms. The Morgan fingerprint density at radius 3 is 2.30 bits per heavy atom. The second-order valence-corrected chi connectivity index (χ2v) is 7.29. The van der Waals surface area contributed by atoms with E-state index in [4.69, 9.17) is 19.9 Å². The van der Waals surface area contributed by atoms with Crippen LogP contribution in [0, 0.1) is 11.3 Å². The van der Waals surface area contributed by atoms with Crippen LogP contribution >= 0.6 is 0 Å². The lowest BCUT2D eigenvalue weighted by Crippen LogP contribution is -2.01. The van der Waals surface area contributed by atoms with Crippen LogP contribution in [0.3, 0.4) is 0 Å². The topological polar surface area (TPSA) is 90.4 Å². The van der Waals surface area contributed by atoms with E-state index in [0.29, 0.717) is 29.2 Å². The minimum atomic E-state index is 0.186. The summed E-state index contributed by atoms with van der Waals surface area (Å²) in [7, 11) is 3.22. The molecule has 0 spiro atoms. The zero-order chi connectivity index (χ0) is 23.2. The first-order valence-corrected chi connectivity index (χ1v) is 10.3. The van der Waals surface area contributed by atoms with Crippen molar-refractivity contribution in [3.05, 3.63) is 90.1 Å². The smallest absolute Gasteiger partial charge is 0.161 e. The summed E-state index contributed by atoms with van der Waals surface area (Å²) >= 11 is 0. The van der Waals surface area contributed by atoms with Gasteiger partial charge in [0, 0.05) is 17.3 Å². The molecule has 0 saturated carbocycles. The number of benzene rings is 3. The van der Waals surface area contributed by atoms with Crippen LogP contribution in [0.4, 0.5) is 5.82 Å². The van der Waals surface area contributed by atoms with Crippen LogP contribution in [-0.2, 0) is 6.61 Å². The Balaban J connectivity index is 1.71. The lowest BCUT2D eigenvalue weighted by Gasteiger charge is -2.16. The van der Waals surface area contributed by atoms with Crippen molar-refractivity contribution in [3.63, 3.8) is 0 Å². The van der Waals surface area contributed by atoms with Crippen molar-refractivity contribution in [1.29, 1.82) is 5.26 Å². The Morgan fingerprint density at radius 1 is 0.879 bits per heavy atom. The van der Waals surface area contributed by atoms with Gasteiger partial charge >= 0.3 is 0 Å². The highest BCUT2D eigenvalue weighted by Crippen LogP contribution is 2.40. The van der Waals surface area contributed by atoms with Crippen LogP contribution in [0.25, 0.3) is 22.3 Å². The molecule has 4 aromatic rings. The number of nitrogens with zero attached hydrogens (tertiary/aromatic N) is 2. The summed E-state index contributed by atoms with van der Waals surface area (Å²) in [5, 5.41) is 9.83. The normalized spacial score (nSPS) is 10.3. The number of nitrogens with two attached hydrogens (primary N) is 1. The summed E-state index contributed by atoms with van der Waals surface area (Å²) in [5.74, 6) is 2.13. The van der Waals surface area contributed by atoms with E-state index in [1.54, 1.807) is 20.4 Å². The molecule has 0 amide bonds. The van der Waals surface area contributed by atoms with Crippen LogP contribution in [0.2, 0.25) is 0 Å². The molecule has 0 aliphatic heterocycles. The first-order chi connectivity index (χ1) is 16.1. The van der Waals surface area contributed by atoms with Crippen LogP contribution in [0.5, 0.6) is 17.2 Å². The van der Waals surface area contributed by atoms with E-state index in [1.807, 2.05) is 72.8 Å². The fourth-order valence-electron chi connectivity index (χ4n) is 3.60. The van der Waals surface area contributed by atoms with Gasteiger partial charge in [0.15, 0.2) is 11.5 Å². The van der Waals surface area contributed by atoms with Crippen molar-refractivity contribution in [2.45, 2.75) is 6.61 Å². The maximum atomic E-state index is 9.83. The number of hydrogen-bond acceptors (Lipinski definition) is 6. The molecule has 1 aromatic heterocycles. The molecule has 6 heteroatoms. The highest BCUT2D eigenvalue weighted by molar-refractivity contribution is 5.90. The molecular weight excluding hydrogens is 414 g/mol. The van der Waals surface area contributed by atoms with E-state index in [-0.39, 0.29) is 5.82 Å². The standard InChI is InChI=1S/C27H23N3O3/c1-31-21-11-8-18(9-12-21)17-33-24-13-10-20(14-25(24)32-2)26-22(15-28)27(29)30-16-23(26)19-6-4-3-5-7-19/h3-14,16H,17H2,1-2H3,(H2,29,30). The van der Waals surface area contributed by atoms with E-state index in [0.717, 1.165) is 28.0 Å². The molecule has 0 saturated heterocycles. The Morgan fingerprint density at radius 2 is 1.64 bits per heavy atom. The summed E-state index contributed by atoms with van der Waals surface area (Å²) < 4.78 is 16.8. The molecule has 0 radical (unpaired) electrons. The van der Waals surface area contributed by atoms with E-state index < -0.39 is 0 Å². The van der Waals surface area contributed by atoms with Crippen molar-refractivity contribution in [2.24, 2.45) is 0 Å². The molecule has 4 rings (SSSR count). The number of nitrogen functional groups attached to an aromatic ring is 1. The molecule has 2 N–H and O–H groups in total. The predicted octanol–water partition coefficient (Wildman–Crippen LogP) is 5.47. The minimum absolute atomic E-state index is 0.186. The molecule has 0 bridgehead atoms. The van der Waals surface area contributed by atoms with Crippen molar-refractivity contribution in [3.8, 4) is 45.6 Å². The average Bonchev–Trinajstić information content (AvgIpc) is 2.88. The van der Waals surface area contributed by atoms with Crippen molar-refractivity contribution in [1.82, 2.24) is 4.98 Å². The Hall–Kier alpha value is -4.50. The van der Waals surface area contributed by atoms with Gasteiger partial charge in [-0.1, -0.05) is 48.5 Å². The summed E-state index contributed by atoms with van der Waals surface area (Å²) in [6.45, 7) is 0.376. The summed E-state index contributed by atoms with van der Waals surface area (Å²) in [4.78, 5) is 4.24. The SMILES string of the molecule is COc1ccc(COc2ccc(-c3c(-c4ccccc4)cnc(N)c3C#N)cc2OC)cc1. The van der Waals surface area contributed by atoms with Gasteiger partial charge in [-0.25, -0.2) is 4.98 Å². The van der Waals surface area contributed by atoms with Crippen LogP contribution in [-0.4, -0.2) is 19.2 Å². The number of rotatable bonds is 7. The zero-order valence-corrected chi connectivity index (χ0v) is 18.4. The number of anilines is 1. The zero-order valence-electron chi connectivity index (χ0n) is 18.4. The average molecular weight is 437 g/mol. The fraction of sp³-hybridized carbons (Fsp3) is 0.111. The monoisotopic (exact) mass is 437 g/mol. The third-order valence-corrected chi connectivity index (χ3v) is 5.31. The summed E-state index contributed by atoms with van der Waals surface area (Å²) in [6.07, 6.45) is 1.70. The summed E-state index contributed by atoms with van der Waals surface area (Å²) in [6, 6.07) is 25.3. The first kappa shape index (κ1) is 21.7. The maximum Gasteiger partial charge on any atom is 0.161 e. The Kier molecular flexibility index (Phi) is 6.42. The molecular formula is C27H23N3O3. The highest BCUT2D eigenvalue weighted by Gasteiger charge is 2.18. The number of pyridine rings is 1. The maximum absolute atomic E-state index is 9.83. The molecule has 3 aromatic carbocycles. The van der Waals surface area contributed by atoms with E-state index in [1.165, 1.54) is 0 Å². The van der Waals surface area contributed by atoms with Gasteiger partial charge < -0.3 is 19.9 Å². The van der Waals surface area contributed by atoms with Gasteiger partial charge in [-0.05, 0) is 41.0 Å². The molecule has 0 unspecified atom stereocenters. The van der Waals surface area contributed by atoms with Gasteiger partial charge in [0.05, 0.1) is 14.2 Å². The predicted molar refractivity (Wildman–Crippen MR) is 128 cm³/mol. The third-order valence-electron chi connectivity index (χ3n) is 5.31. The number of nitriles is 1. The fourth-order valence-corrected chi connectivity index (χ4v) is 3.60. The van der Waals surface area contributed by atoms with Crippen LogP contribution in [0.1, 0.15) is 11.1 Å². The van der Waals surface area contributed by atoms with Crippen molar-refractivity contribution in [2.75, 3.05) is 20.0 Å². The van der Waals surface area contributed by atoms with Gasteiger partial charge in [-0.2, -0.15) is 5.26 Å². The number of ether oxygens (including phenoxy) is 3. The molecule has 0 fully saturated rings. The molecule has 0 aliphatic carbocycles. The van der Waals surface area contributed by atoms with Gasteiger partial charge in [0.2, 0.25) is 0 Å². The van der Waals surface area contributed by atoms with Crippen LogP contribution < -0.4 is 19.9 Å². The van der Waals surface area contributed by atoms with Gasteiger partial charge in [-0.3, -0.25) is 0 Å². The number of aromatic nitrogens is 1. The summed E-state index contributed by atoms with van der Waals surface area (Å²) in [5.41, 5.74) is 10.6. The molecule has 0 aliphatic rings. The van der Waals surface area contributed by atoms with E-state index >= 15 is 0 Å². The first-order valence-electron chi connectivity index (χ1n) is 10.3. The molecule has 6 nitrogen and oxygen atoms in total. The molecule has 164 valence electrons. The second-order valence-electron chi connectivity index (χ2n) is 7.29. The highest BCUT2D eigenvalue weighted by atomic mass is 16.5. The minimum Gasteiger partial charge on any atom is -0.497 e. The van der Waals surface area contributed by atoms with Gasteiger partial charge in [0.25, 0.3) is 0 Å². The van der Waals surface area contributed by atoms with E-state index in [2.05, 4.69) is 11.1 Å². The number of methoxy groups -OCH3 is 2. The third kappa shape index (κ3) is 4.58. The van der Waals surface area contributed by atoms with E-state index in [9.17, 15) is 5.26 Å².